The number of carbonyl (C=O) groups excluding carboxylic acids is 1. The number of amides is 1. The summed E-state index contributed by atoms with van der Waals surface area (Å²) in [5, 5.41) is 6.94. The largest absolute Gasteiger partial charge is 0.383 e. The Morgan fingerprint density at radius 3 is 2.79 bits per heavy atom. The molecule has 5 rings (SSSR count). The van der Waals surface area contributed by atoms with Crippen molar-refractivity contribution in [2.75, 3.05) is 13.1 Å². The summed E-state index contributed by atoms with van der Waals surface area (Å²) >= 11 is 0. The predicted octanol–water partition coefficient (Wildman–Crippen LogP) is 3.16. The van der Waals surface area contributed by atoms with Gasteiger partial charge in [0.15, 0.2) is 0 Å². The van der Waals surface area contributed by atoms with Gasteiger partial charge in [-0.25, -0.2) is 0 Å². The van der Waals surface area contributed by atoms with Crippen molar-refractivity contribution in [3.05, 3.63) is 65.8 Å². The van der Waals surface area contributed by atoms with Crippen LogP contribution in [-0.4, -0.2) is 45.5 Å². The van der Waals surface area contributed by atoms with Gasteiger partial charge in [0.25, 0.3) is 5.91 Å². The molecule has 3 aliphatic rings. The van der Waals surface area contributed by atoms with Crippen LogP contribution in [0.2, 0.25) is 0 Å². The van der Waals surface area contributed by atoms with Crippen molar-refractivity contribution in [1.29, 1.82) is 0 Å². The predicted molar refractivity (Wildman–Crippen MR) is 114 cm³/mol. The van der Waals surface area contributed by atoms with Crippen LogP contribution in [0, 0.1) is 0 Å². The molecule has 4 heterocycles. The van der Waals surface area contributed by atoms with E-state index in [0.717, 1.165) is 48.8 Å². The van der Waals surface area contributed by atoms with Gasteiger partial charge < -0.3 is 15.6 Å². The Balaban J connectivity index is 1.28. The maximum Gasteiger partial charge on any atom is 0.253 e. The highest BCUT2D eigenvalue weighted by molar-refractivity contribution is 5.97. The third kappa shape index (κ3) is 3.12. The summed E-state index contributed by atoms with van der Waals surface area (Å²) in [6.07, 6.45) is 8.96. The molecule has 0 bridgehead atoms. The van der Waals surface area contributed by atoms with Crippen LogP contribution in [0.4, 0.5) is 0 Å². The normalized spacial score (nSPS) is 20.2. The monoisotopic (exact) mass is 389 g/mol. The standard InChI is InChI=1S/C23H27N5O/c1-16(2)28-21-15-25-23(13-19(21)14-26-28)7-10-27(11-8-23)22(29)18-6-5-17-4-3-9-24-20(17)12-18/h3-6,9,12,14-16,25-26H,7-8,10-11,13H2,1-2H3. The third-order valence-electron chi connectivity index (χ3n) is 6.39. The maximum absolute atomic E-state index is 13.1. The van der Waals surface area contributed by atoms with Gasteiger partial charge in [-0.1, -0.05) is 12.1 Å². The number of carbonyl (C=O) groups is 1. The molecular formula is C23H27N5O. The number of benzene rings is 1. The molecule has 1 spiro atoms. The van der Waals surface area contributed by atoms with E-state index >= 15 is 0 Å². The summed E-state index contributed by atoms with van der Waals surface area (Å²) < 4.78 is 0. The summed E-state index contributed by atoms with van der Waals surface area (Å²) in [7, 11) is 0. The van der Waals surface area contributed by atoms with Crippen LogP contribution in [-0.2, 0) is 0 Å². The first kappa shape index (κ1) is 18.0. The zero-order valence-corrected chi connectivity index (χ0v) is 17.0. The molecule has 0 atom stereocenters. The molecule has 6 heteroatoms. The van der Waals surface area contributed by atoms with Crippen molar-refractivity contribution in [1.82, 2.24) is 25.6 Å². The lowest BCUT2D eigenvalue weighted by molar-refractivity contribution is 0.0647. The minimum atomic E-state index is 0.0473. The lowest BCUT2D eigenvalue weighted by atomic mass is 9.79. The highest BCUT2D eigenvalue weighted by atomic mass is 16.2. The summed E-state index contributed by atoms with van der Waals surface area (Å²) in [5.41, 5.74) is 7.62. The highest BCUT2D eigenvalue weighted by Gasteiger charge is 2.41. The maximum atomic E-state index is 13.1. The Hall–Kier alpha value is -3.02. The van der Waals surface area contributed by atoms with Crippen molar-refractivity contribution in [2.24, 2.45) is 0 Å². The number of aromatic nitrogens is 1. The number of nitrogens with one attached hydrogen (secondary N) is 2. The molecule has 3 aliphatic heterocycles. The van der Waals surface area contributed by atoms with Gasteiger partial charge in [0.1, 0.15) is 0 Å². The van der Waals surface area contributed by atoms with Gasteiger partial charge in [-0.2, -0.15) is 0 Å². The van der Waals surface area contributed by atoms with Crippen molar-refractivity contribution >= 4 is 16.8 Å². The van der Waals surface area contributed by atoms with Crippen LogP contribution in [0.1, 0.15) is 43.5 Å². The number of nitrogens with zero attached hydrogens (tertiary/aromatic N) is 3. The van der Waals surface area contributed by atoms with E-state index in [2.05, 4.69) is 47.0 Å². The lowest BCUT2D eigenvalue weighted by Gasteiger charge is -2.45. The number of likely N-dealkylation sites (tertiary alicyclic amines) is 1. The first-order chi connectivity index (χ1) is 14.0. The van der Waals surface area contributed by atoms with E-state index in [4.69, 9.17) is 0 Å². The van der Waals surface area contributed by atoms with E-state index in [9.17, 15) is 4.79 Å². The molecule has 2 N–H and O–H groups in total. The second kappa shape index (κ2) is 6.79. The van der Waals surface area contributed by atoms with E-state index in [-0.39, 0.29) is 11.4 Å². The van der Waals surface area contributed by atoms with Crippen LogP contribution < -0.4 is 10.7 Å². The van der Waals surface area contributed by atoms with Gasteiger partial charge in [0.2, 0.25) is 0 Å². The zero-order valence-electron chi connectivity index (χ0n) is 17.0. The minimum Gasteiger partial charge on any atom is -0.383 e. The Labute approximate surface area is 171 Å². The Kier molecular flexibility index (Phi) is 4.23. The van der Waals surface area contributed by atoms with Crippen molar-refractivity contribution < 1.29 is 4.79 Å². The van der Waals surface area contributed by atoms with Gasteiger partial charge in [0, 0.05) is 54.2 Å². The highest BCUT2D eigenvalue weighted by Crippen LogP contribution is 2.38. The van der Waals surface area contributed by atoms with E-state index in [1.54, 1.807) is 6.20 Å². The quantitative estimate of drug-likeness (QED) is 0.826. The second-order valence-corrected chi connectivity index (χ2v) is 8.60. The van der Waals surface area contributed by atoms with Crippen LogP contribution in [0.5, 0.6) is 0 Å². The van der Waals surface area contributed by atoms with E-state index in [1.165, 1.54) is 11.3 Å². The average Bonchev–Trinajstić information content (AvgIpc) is 3.16. The summed E-state index contributed by atoms with van der Waals surface area (Å²) in [5.74, 6) is 0.104. The molecule has 150 valence electrons. The lowest BCUT2D eigenvalue weighted by Crippen LogP contribution is -2.55. The number of allylic oxidation sites excluding steroid dienone is 1. The molecule has 0 unspecified atom stereocenters. The number of pyridine rings is 1. The molecule has 1 aromatic carbocycles. The Morgan fingerprint density at radius 1 is 1.17 bits per heavy atom. The fourth-order valence-electron chi connectivity index (χ4n) is 4.65. The molecular weight excluding hydrogens is 362 g/mol. The molecule has 2 aromatic rings. The van der Waals surface area contributed by atoms with Crippen LogP contribution >= 0.6 is 0 Å². The second-order valence-electron chi connectivity index (χ2n) is 8.60. The first-order valence-corrected chi connectivity index (χ1v) is 10.4. The molecule has 6 nitrogen and oxygen atoms in total. The number of rotatable bonds is 2. The fraction of sp³-hybridized carbons (Fsp3) is 0.391. The van der Waals surface area contributed by atoms with E-state index in [0.29, 0.717) is 6.04 Å². The van der Waals surface area contributed by atoms with Crippen molar-refractivity contribution in [3.63, 3.8) is 0 Å². The molecule has 1 saturated heterocycles. The first-order valence-electron chi connectivity index (χ1n) is 10.4. The van der Waals surface area contributed by atoms with Gasteiger partial charge >= 0.3 is 0 Å². The van der Waals surface area contributed by atoms with Gasteiger partial charge in [0.05, 0.1) is 11.2 Å². The number of piperidine rings is 1. The van der Waals surface area contributed by atoms with Gasteiger partial charge in [-0.3, -0.25) is 14.8 Å². The van der Waals surface area contributed by atoms with Gasteiger partial charge in [-0.15, -0.1) is 0 Å². The van der Waals surface area contributed by atoms with Gasteiger partial charge in [-0.05, 0) is 56.9 Å². The summed E-state index contributed by atoms with van der Waals surface area (Å²) in [6.45, 7) is 5.90. The molecule has 0 radical (unpaired) electrons. The summed E-state index contributed by atoms with van der Waals surface area (Å²) in [6, 6.07) is 10.1. The molecule has 1 fully saturated rings. The fourth-order valence-corrected chi connectivity index (χ4v) is 4.65. The van der Waals surface area contributed by atoms with Crippen molar-refractivity contribution in [2.45, 2.75) is 44.7 Å². The van der Waals surface area contributed by atoms with Crippen molar-refractivity contribution in [3.8, 4) is 0 Å². The van der Waals surface area contributed by atoms with Crippen LogP contribution in [0.25, 0.3) is 10.9 Å². The molecule has 1 aromatic heterocycles. The Morgan fingerprint density at radius 2 is 2.00 bits per heavy atom. The number of hydrazine groups is 1. The number of fused-ring (bicyclic) bond motifs is 2. The topological polar surface area (TPSA) is 60.5 Å². The number of hydrogen-bond acceptors (Lipinski definition) is 5. The van der Waals surface area contributed by atoms with Crippen LogP contribution in [0.15, 0.2) is 60.2 Å². The molecule has 1 amide bonds. The molecule has 29 heavy (non-hydrogen) atoms. The third-order valence-corrected chi connectivity index (χ3v) is 6.39. The average molecular weight is 390 g/mol. The van der Waals surface area contributed by atoms with Crippen LogP contribution in [0.3, 0.4) is 0 Å². The Bertz CT molecular complexity index is 1020. The summed E-state index contributed by atoms with van der Waals surface area (Å²) in [4.78, 5) is 19.4. The molecule has 0 aliphatic carbocycles. The number of hydrogen-bond donors (Lipinski definition) is 2. The van der Waals surface area contributed by atoms with E-state index < -0.39 is 0 Å². The SMILES string of the molecule is CC(C)N1NC=C2CC3(CCN(C(=O)c4ccc5cccnc5c4)CC3)NC=C21. The molecule has 0 saturated carbocycles. The zero-order chi connectivity index (χ0) is 20.0. The minimum absolute atomic E-state index is 0.0473. The van der Waals surface area contributed by atoms with E-state index in [1.807, 2.05) is 35.2 Å². The smallest absolute Gasteiger partial charge is 0.253 e.